The molecular weight excluding hydrogens is 412 g/mol. The smallest absolute Gasteiger partial charge is 0.0622 e. The summed E-state index contributed by atoms with van der Waals surface area (Å²) in [5.41, 5.74) is -0.340. The number of carbonyl (C=O) groups is 1. The van der Waals surface area contributed by atoms with Crippen LogP contribution >= 0.6 is 19.9 Å². The Morgan fingerprint density at radius 3 is 2.79 bits per heavy atom. The maximum absolute atomic E-state index is 14.8. The Hall–Kier alpha value is -1.88. The molecule has 0 unspecified atom stereocenters. The van der Waals surface area contributed by atoms with Crippen LogP contribution in [0.1, 0.15) is 15.7 Å². The van der Waals surface area contributed by atoms with Gasteiger partial charge in [0.25, 0.3) is 0 Å². The van der Waals surface area contributed by atoms with Gasteiger partial charge in [-0.1, -0.05) is 18.2 Å². The minimum atomic E-state index is -4.33. The summed E-state index contributed by atoms with van der Waals surface area (Å²) in [6.45, 7) is -0.0845. The molecule has 4 rings (SSSR count). The molecule has 150 valence electrons. The van der Waals surface area contributed by atoms with E-state index in [1.165, 1.54) is 12.3 Å². The second kappa shape index (κ2) is 7.51. The van der Waals surface area contributed by atoms with E-state index in [0.717, 1.165) is 16.3 Å². The quantitative estimate of drug-likeness (QED) is 0.624. The van der Waals surface area contributed by atoms with Crippen LogP contribution in [0.5, 0.6) is 0 Å². The van der Waals surface area contributed by atoms with E-state index in [2.05, 4.69) is 10.3 Å². The molecule has 1 aromatic carbocycles. The summed E-state index contributed by atoms with van der Waals surface area (Å²) in [6.07, 6.45) is -1.41. The molecule has 2 saturated heterocycles. The van der Waals surface area contributed by atoms with Crippen molar-refractivity contribution in [2.24, 2.45) is 0 Å². The molecule has 28 heavy (non-hydrogen) atoms. The van der Waals surface area contributed by atoms with Gasteiger partial charge in [-0.3, -0.25) is 0 Å². The normalized spacial score (nSPS) is 29.7. The standard InChI is InChI=1S/C16H17FN3O6PS/c17-12-13-10(8-25-27(23,24)26-13)28-15(12)20-7-6-11(19-16(20)22)18-14(21)9-4-2-1-3-5-9/h1-7,10,12-13,15,23-24,27H,8H2,(H,18,19,21,22)/t10-,12+,13-,15-/m1/s1. The number of carbonyl (C=O) groups excluding carboxylic acids is 1. The summed E-state index contributed by atoms with van der Waals surface area (Å²) in [5, 5.41) is 1.08. The van der Waals surface area contributed by atoms with E-state index in [9.17, 15) is 23.8 Å². The van der Waals surface area contributed by atoms with Crippen molar-refractivity contribution in [2.75, 3.05) is 11.9 Å². The van der Waals surface area contributed by atoms with Gasteiger partial charge in [0, 0.05) is 0 Å². The molecule has 12 heteroatoms. The van der Waals surface area contributed by atoms with Crippen molar-refractivity contribution in [1.82, 2.24) is 9.55 Å². The second-order valence-corrected chi connectivity index (χ2v) is 9.26. The number of amides is 1. The number of thioether (sulfide) groups is 1. The summed E-state index contributed by atoms with van der Waals surface area (Å²) in [7, 11) is -4.33. The summed E-state index contributed by atoms with van der Waals surface area (Å²) >= 11 is 1.10. The van der Waals surface area contributed by atoms with E-state index in [1.54, 1.807) is 30.3 Å². The van der Waals surface area contributed by atoms with Crippen LogP contribution in [0, 0.1) is 0 Å². The van der Waals surface area contributed by atoms with Crippen LogP contribution < -0.4 is 11.0 Å². The topological polar surface area (TPSA) is 123 Å². The molecular formula is C16H17FN3O6PS. The first-order valence-electron chi connectivity index (χ1n) is 8.36. The first-order chi connectivity index (χ1) is 13.3. The molecule has 0 radical (unpaired) electrons. The molecule has 2 aromatic rings. The molecule has 2 fully saturated rings. The number of benzene rings is 1. The Bertz CT molecular complexity index is 945. The zero-order valence-electron chi connectivity index (χ0n) is 14.3. The minimum absolute atomic E-state index is 0.0441. The zero-order chi connectivity index (χ0) is 19.9. The van der Waals surface area contributed by atoms with E-state index in [0.29, 0.717) is 5.56 Å². The fourth-order valence-corrected chi connectivity index (χ4v) is 5.84. The molecule has 0 saturated carbocycles. The van der Waals surface area contributed by atoms with E-state index in [1.807, 2.05) is 0 Å². The summed E-state index contributed by atoms with van der Waals surface area (Å²) < 4.78 is 25.7. The van der Waals surface area contributed by atoms with Gasteiger partial charge in [0.2, 0.25) is 0 Å². The van der Waals surface area contributed by atoms with Gasteiger partial charge in [-0.15, -0.1) is 0 Å². The average molecular weight is 429 g/mol. The Kier molecular flexibility index (Phi) is 5.21. The van der Waals surface area contributed by atoms with Crippen molar-refractivity contribution >= 4 is 31.7 Å². The van der Waals surface area contributed by atoms with Crippen molar-refractivity contribution in [3.05, 3.63) is 58.6 Å². The van der Waals surface area contributed by atoms with Crippen LogP contribution in [0.4, 0.5) is 10.2 Å². The first kappa shape index (κ1) is 19.4. The number of hydrogen-bond acceptors (Lipinski definition) is 8. The van der Waals surface area contributed by atoms with Crippen molar-refractivity contribution < 1.29 is 28.0 Å². The van der Waals surface area contributed by atoms with Gasteiger partial charge in [-0.25, -0.2) is 0 Å². The number of aromatic nitrogens is 2. The van der Waals surface area contributed by atoms with Crippen LogP contribution in [0.3, 0.4) is 0 Å². The van der Waals surface area contributed by atoms with E-state index >= 15 is 0 Å². The molecule has 4 atom stereocenters. The third-order valence-electron chi connectivity index (χ3n) is 4.37. The Balaban J connectivity index is 1.51. The van der Waals surface area contributed by atoms with Crippen molar-refractivity contribution in [1.29, 1.82) is 0 Å². The van der Waals surface area contributed by atoms with Crippen LogP contribution in [-0.2, 0) is 9.05 Å². The van der Waals surface area contributed by atoms with Gasteiger partial charge >= 0.3 is 144 Å². The Morgan fingerprint density at radius 2 is 2.07 bits per heavy atom. The number of nitrogens with one attached hydrogen (secondary N) is 1. The number of halogens is 1. The molecule has 2 aliphatic rings. The third-order valence-corrected chi connectivity index (χ3v) is 7.02. The van der Waals surface area contributed by atoms with Crippen LogP contribution in [0.2, 0.25) is 0 Å². The number of nitrogens with zero attached hydrogens (tertiary/aromatic N) is 2. The SMILES string of the molecule is O=C(Nc1ccn([C@@H]2S[C@@H]3CO[PH](O)(O)O[C@H]3[C@@H]2F)c(=O)n1)c1ccccc1. The van der Waals surface area contributed by atoms with Crippen molar-refractivity contribution in [3.8, 4) is 0 Å². The molecule has 0 bridgehead atoms. The summed E-state index contributed by atoms with van der Waals surface area (Å²) in [4.78, 5) is 47.4. The molecule has 1 aromatic heterocycles. The number of fused-ring (bicyclic) bond motifs is 1. The van der Waals surface area contributed by atoms with Gasteiger partial charge in [0.05, 0.1) is 0 Å². The van der Waals surface area contributed by atoms with Gasteiger partial charge in [0.15, 0.2) is 0 Å². The number of hydrogen-bond donors (Lipinski definition) is 3. The average Bonchev–Trinajstić information content (AvgIpc) is 2.97. The predicted molar refractivity (Wildman–Crippen MR) is 102 cm³/mol. The summed E-state index contributed by atoms with van der Waals surface area (Å²) in [6, 6.07) is 9.83. The van der Waals surface area contributed by atoms with Crippen LogP contribution in [0.25, 0.3) is 0 Å². The van der Waals surface area contributed by atoms with Crippen molar-refractivity contribution in [3.63, 3.8) is 0 Å². The first-order valence-corrected chi connectivity index (χ1v) is 11.0. The van der Waals surface area contributed by atoms with Gasteiger partial charge in [-0.05, 0) is 0 Å². The zero-order valence-corrected chi connectivity index (χ0v) is 16.1. The number of anilines is 1. The Morgan fingerprint density at radius 1 is 1.32 bits per heavy atom. The third kappa shape index (κ3) is 3.82. The van der Waals surface area contributed by atoms with E-state index in [4.69, 9.17) is 9.05 Å². The van der Waals surface area contributed by atoms with E-state index in [-0.39, 0.29) is 12.4 Å². The van der Waals surface area contributed by atoms with Gasteiger partial charge in [-0.2, -0.15) is 0 Å². The molecule has 3 N–H and O–H groups in total. The molecule has 0 spiro atoms. The molecule has 2 aliphatic heterocycles. The van der Waals surface area contributed by atoms with Crippen LogP contribution in [0.15, 0.2) is 47.4 Å². The molecule has 3 heterocycles. The maximum atomic E-state index is 14.8. The molecule has 9 nitrogen and oxygen atoms in total. The van der Waals surface area contributed by atoms with Crippen molar-refractivity contribution in [2.45, 2.75) is 22.9 Å². The molecule has 0 aliphatic carbocycles. The fraction of sp³-hybridized carbons (Fsp3) is 0.312. The van der Waals surface area contributed by atoms with Crippen LogP contribution in [-0.4, -0.2) is 49.4 Å². The van der Waals surface area contributed by atoms with Gasteiger partial charge < -0.3 is 0 Å². The van der Waals surface area contributed by atoms with Gasteiger partial charge in [0.1, 0.15) is 0 Å². The fourth-order valence-electron chi connectivity index (χ4n) is 3.05. The number of alkyl halides is 1. The van der Waals surface area contributed by atoms with E-state index < -0.39 is 42.7 Å². The minimum Gasteiger partial charge on any atom is -0.0622 e. The second-order valence-electron chi connectivity index (χ2n) is 6.27. The Labute approximate surface area is 163 Å². The summed E-state index contributed by atoms with van der Waals surface area (Å²) in [5.74, 6) is -0.379. The molecule has 1 amide bonds. The monoisotopic (exact) mass is 429 g/mol. The number of rotatable bonds is 3. The predicted octanol–water partition coefficient (Wildman–Crippen LogP) is 1.26.